The number of anilines is 1. The summed E-state index contributed by atoms with van der Waals surface area (Å²) in [6.07, 6.45) is 3.38. The number of nitrogens with zero attached hydrogens (tertiary/aromatic N) is 1. The Kier molecular flexibility index (Phi) is 4.01. The minimum Gasteiger partial charge on any atom is -0.381 e. The first-order chi connectivity index (χ1) is 10.3. The molecule has 1 fully saturated rings. The van der Waals surface area contributed by atoms with Crippen LogP contribution in [0.4, 0.5) is 5.82 Å². The number of benzene rings is 1. The molecule has 0 radical (unpaired) electrons. The zero-order valence-corrected chi connectivity index (χ0v) is 12.1. The fraction of sp³-hybridized carbons (Fsp3) is 0.375. The van der Waals surface area contributed by atoms with Gasteiger partial charge in [0.15, 0.2) is 0 Å². The normalized spacial score (nSPS) is 15.9. The molecule has 3 rings (SSSR count). The third-order valence-corrected chi connectivity index (χ3v) is 3.83. The predicted molar refractivity (Wildman–Crippen MR) is 82.6 cm³/mol. The zero-order valence-electron chi connectivity index (χ0n) is 12.1. The fourth-order valence-electron chi connectivity index (χ4n) is 2.68. The topological polar surface area (TPSA) is 63.2 Å². The van der Waals surface area contributed by atoms with Gasteiger partial charge in [0.25, 0.3) is 5.91 Å². The summed E-state index contributed by atoms with van der Waals surface area (Å²) in [6.45, 7) is 1.42. The minimum absolute atomic E-state index is 0.0618. The molecule has 2 heterocycles. The molecule has 5 nitrogen and oxygen atoms in total. The number of carbonyl (C=O) groups excluding carboxylic acids is 1. The Morgan fingerprint density at radius 2 is 1.95 bits per heavy atom. The Hall–Kier alpha value is -2.14. The highest BCUT2D eigenvalue weighted by Crippen LogP contribution is 2.24. The molecule has 110 valence electrons. The number of amides is 1. The van der Waals surface area contributed by atoms with E-state index in [9.17, 15) is 4.79 Å². The van der Waals surface area contributed by atoms with Gasteiger partial charge in [0.05, 0.1) is 5.56 Å². The summed E-state index contributed by atoms with van der Waals surface area (Å²) in [5, 5.41) is 8.02. The number of aromatic nitrogens is 1. The van der Waals surface area contributed by atoms with Crippen LogP contribution in [0.3, 0.4) is 0 Å². The second-order valence-corrected chi connectivity index (χ2v) is 5.18. The molecule has 1 aromatic heterocycles. The largest absolute Gasteiger partial charge is 0.381 e. The molecule has 0 atom stereocenters. The van der Waals surface area contributed by atoms with Crippen LogP contribution in [-0.2, 0) is 4.74 Å². The van der Waals surface area contributed by atoms with E-state index in [0.717, 1.165) is 29.4 Å². The summed E-state index contributed by atoms with van der Waals surface area (Å²) in [6, 6.07) is 8.00. The van der Waals surface area contributed by atoms with E-state index < -0.39 is 0 Å². The van der Waals surface area contributed by atoms with Crippen LogP contribution in [0.15, 0.2) is 30.5 Å². The summed E-state index contributed by atoms with van der Waals surface area (Å²) >= 11 is 0. The van der Waals surface area contributed by atoms with Crippen LogP contribution in [-0.4, -0.2) is 37.2 Å². The highest BCUT2D eigenvalue weighted by molar-refractivity contribution is 6.09. The van der Waals surface area contributed by atoms with E-state index in [1.807, 2.05) is 31.3 Å². The predicted octanol–water partition coefficient (Wildman–Crippen LogP) is 2.19. The maximum Gasteiger partial charge on any atom is 0.253 e. The summed E-state index contributed by atoms with van der Waals surface area (Å²) in [5.74, 6) is 0.724. The van der Waals surface area contributed by atoms with Gasteiger partial charge in [-0.15, -0.1) is 0 Å². The van der Waals surface area contributed by atoms with Crippen molar-refractivity contribution in [1.29, 1.82) is 0 Å². The van der Waals surface area contributed by atoms with Crippen molar-refractivity contribution in [3.05, 3.63) is 36.0 Å². The molecule has 1 amide bonds. The van der Waals surface area contributed by atoms with Crippen LogP contribution in [0.25, 0.3) is 10.8 Å². The molecule has 21 heavy (non-hydrogen) atoms. The van der Waals surface area contributed by atoms with E-state index in [1.54, 1.807) is 6.20 Å². The van der Waals surface area contributed by atoms with Crippen molar-refractivity contribution in [2.24, 2.45) is 0 Å². The molecule has 0 saturated carbocycles. The molecular formula is C16H19N3O2. The van der Waals surface area contributed by atoms with Gasteiger partial charge in [-0.1, -0.05) is 24.3 Å². The number of fused-ring (bicyclic) bond motifs is 1. The first kappa shape index (κ1) is 13.8. The van der Waals surface area contributed by atoms with Gasteiger partial charge in [-0.25, -0.2) is 4.98 Å². The number of nitrogens with one attached hydrogen (secondary N) is 2. The summed E-state index contributed by atoms with van der Waals surface area (Å²) in [5.41, 5.74) is 0.621. The second-order valence-electron chi connectivity index (χ2n) is 5.18. The lowest BCUT2D eigenvalue weighted by Gasteiger charge is -2.23. The van der Waals surface area contributed by atoms with Crippen molar-refractivity contribution in [1.82, 2.24) is 10.3 Å². The van der Waals surface area contributed by atoms with Crippen LogP contribution in [0.1, 0.15) is 23.2 Å². The van der Waals surface area contributed by atoms with Gasteiger partial charge in [0, 0.05) is 37.9 Å². The number of rotatable bonds is 3. The number of ether oxygens (including phenoxy) is 1. The molecule has 0 spiro atoms. The molecule has 1 saturated heterocycles. The Labute approximate surface area is 123 Å². The van der Waals surface area contributed by atoms with Crippen molar-refractivity contribution in [3.63, 3.8) is 0 Å². The standard InChI is InChI=1S/C16H19N3O2/c1-17-15-13-5-3-2-4-12(13)14(10-18-15)16(20)19-11-6-8-21-9-7-11/h2-5,10-11H,6-9H2,1H3,(H,17,18)(H,19,20). The number of carbonyl (C=O) groups is 1. The summed E-state index contributed by atoms with van der Waals surface area (Å²) < 4.78 is 5.32. The van der Waals surface area contributed by atoms with E-state index in [2.05, 4.69) is 15.6 Å². The molecule has 1 aliphatic rings. The van der Waals surface area contributed by atoms with E-state index in [-0.39, 0.29) is 11.9 Å². The number of pyridine rings is 1. The molecular weight excluding hydrogens is 266 g/mol. The maximum atomic E-state index is 12.5. The monoisotopic (exact) mass is 285 g/mol. The third-order valence-electron chi connectivity index (χ3n) is 3.83. The smallest absolute Gasteiger partial charge is 0.253 e. The SMILES string of the molecule is CNc1ncc(C(=O)NC2CCOCC2)c2ccccc12. The number of hydrogen-bond donors (Lipinski definition) is 2. The van der Waals surface area contributed by atoms with E-state index >= 15 is 0 Å². The van der Waals surface area contributed by atoms with Crippen molar-refractivity contribution in [3.8, 4) is 0 Å². The van der Waals surface area contributed by atoms with Crippen LogP contribution in [0.2, 0.25) is 0 Å². The van der Waals surface area contributed by atoms with Gasteiger partial charge in [-0.05, 0) is 18.2 Å². The molecule has 0 bridgehead atoms. The highest BCUT2D eigenvalue weighted by atomic mass is 16.5. The lowest BCUT2D eigenvalue weighted by atomic mass is 10.0. The second kappa shape index (κ2) is 6.10. The van der Waals surface area contributed by atoms with Crippen molar-refractivity contribution in [2.45, 2.75) is 18.9 Å². The lowest BCUT2D eigenvalue weighted by Crippen LogP contribution is -2.39. The quantitative estimate of drug-likeness (QED) is 0.907. The van der Waals surface area contributed by atoms with Crippen LogP contribution in [0.5, 0.6) is 0 Å². The molecule has 2 aromatic rings. The molecule has 1 aromatic carbocycles. The van der Waals surface area contributed by atoms with Crippen LogP contribution >= 0.6 is 0 Å². The third kappa shape index (κ3) is 2.83. The first-order valence-corrected chi connectivity index (χ1v) is 7.23. The lowest BCUT2D eigenvalue weighted by molar-refractivity contribution is 0.0697. The first-order valence-electron chi connectivity index (χ1n) is 7.23. The Morgan fingerprint density at radius 3 is 2.67 bits per heavy atom. The Balaban J connectivity index is 1.91. The Morgan fingerprint density at radius 1 is 1.24 bits per heavy atom. The minimum atomic E-state index is -0.0618. The van der Waals surface area contributed by atoms with Gasteiger partial charge in [0.1, 0.15) is 5.82 Å². The molecule has 2 N–H and O–H groups in total. The van der Waals surface area contributed by atoms with Gasteiger partial charge in [0.2, 0.25) is 0 Å². The molecule has 5 heteroatoms. The van der Waals surface area contributed by atoms with Crippen molar-refractivity contribution in [2.75, 3.05) is 25.6 Å². The Bertz CT molecular complexity index is 651. The van der Waals surface area contributed by atoms with Crippen LogP contribution < -0.4 is 10.6 Å². The molecule has 1 aliphatic heterocycles. The summed E-state index contributed by atoms with van der Waals surface area (Å²) in [7, 11) is 1.83. The zero-order chi connectivity index (χ0) is 14.7. The number of hydrogen-bond acceptors (Lipinski definition) is 4. The molecule has 0 aliphatic carbocycles. The van der Waals surface area contributed by atoms with E-state index in [4.69, 9.17) is 4.74 Å². The van der Waals surface area contributed by atoms with Crippen molar-refractivity contribution < 1.29 is 9.53 Å². The summed E-state index contributed by atoms with van der Waals surface area (Å²) in [4.78, 5) is 16.9. The van der Waals surface area contributed by atoms with Gasteiger partial charge in [-0.2, -0.15) is 0 Å². The fourth-order valence-corrected chi connectivity index (χ4v) is 2.68. The van der Waals surface area contributed by atoms with Crippen LogP contribution in [0, 0.1) is 0 Å². The average Bonchev–Trinajstić information content (AvgIpc) is 2.54. The van der Waals surface area contributed by atoms with E-state index in [0.29, 0.717) is 18.8 Å². The van der Waals surface area contributed by atoms with Crippen molar-refractivity contribution >= 4 is 22.5 Å². The molecule has 0 unspecified atom stereocenters. The van der Waals surface area contributed by atoms with Gasteiger partial charge < -0.3 is 15.4 Å². The van der Waals surface area contributed by atoms with Gasteiger partial charge in [-0.3, -0.25) is 4.79 Å². The van der Waals surface area contributed by atoms with E-state index in [1.165, 1.54) is 0 Å². The highest BCUT2D eigenvalue weighted by Gasteiger charge is 2.19. The maximum absolute atomic E-state index is 12.5. The average molecular weight is 285 g/mol. The van der Waals surface area contributed by atoms with Gasteiger partial charge >= 0.3 is 0 Å².